The number of hydrogen-bond acceptors (Lipinski definition) is 2. The fraction of sp³-hybridized carbons (Fsp3) is 0.118. The third-order valence-corrected chi connectivity index (χ3v) is 3.60. The van der Waals surface area contributed by atoms with Gasteiger partial charge in [0.15, 0.2) is 5.78 Å². The van der Waals surface area contributed by atoms with Gasteiger partial charge in [-0.05, 0) is 64.7 Å². The quantitative estimate of drug-likeness (QED) is 0.651. The second kappa shape index (κ2) is 6.06. The number of carbonyl (C=O) groups excluding carboxylic acids is 1. The maximum Gasteiger partial charge on any atom is 0.192 e. The summed E-state index contributed by atoms with van der Waals surface area (Å²) in [5.74, 6) is -0.183. The first-order chi connectivity index (χ1) is 9.49. The largest absolute Gasteiger partial charge is 0.506 e. The number of Topliss-reactive ketones (excluding diaryl/α,β-unsaturated/α-hetero) is 1. The van der Waals surface area contributed by atoms with Crippen LogP contribution in [0.1, 0.15) is 28.4 Å². The molecule has 0 unspecified atom stereocenters. The Bertz CT molecular complexity index is 673. The number of phenolic OH excluding ortho intramolecular Hbond substituents is 1. The standard InChI is InChI=1S/C17H15BrO2/c1-11-8-14(17(20)15(18)9-11)16(19)12(2)10-13-6-4-3-5-7-13/h3-10,20H,1-2H3/b12-10+. The molecule has 102 valence electrons. The van der Waals surface area contributed by atoms with E-state index in [1.54, 1.807) is 19.1 Å². The van der Waals surface area contributed by atoms with Crippen LogP contribution in [-0.2, 0) is 0 Å². The van der Waals surface area contributed by atoms with Crippen molar-refractivity contribution in [2.24, 2.45) is 0 Å². The second-order valence-electron chi connectivity index (χ2n) is 4.71. The molecule has 0 radical (unpaired) electrons. The highest BCUT2D eigenvalue weighted by Gasteiger charge is 2.15. The van der Waals surface area contributed by atoms with Gasteiger partial charge in [0.2, 0.25) is 0 Å². The van der Waals surface area contributed by atoms with Crippen LogP contribution in [-0.4, -0.2) is 10.9 Å². The Balaban J connectivity index is 2.39. The predicted octanol–water partition coefficient (Wildman–Crippen LogP) is 4.75. The molecule has 0 aromatic heterocycles. The molecule has 1 N–H and O–H groups in total. The maximum absolute atomic E-state index is 12.4. The van der Waals surface area contributed by atoms with Gasteiger partial charge in [-0.1, -0.05) is 30.3 Å². The lowest BCUT2D eigenvalue weighted by atomic mass is 10.00. The summed E-state index contributed by atoms with van der Waals surface area (Å²) in [6.07, 6.45) is 1.82. The number of aryl methyl sites for hydroxylation is 1. The number of hydrogen-bond donors (Lipinski definition) is 1. The van der Waals surface area contributed by atoms with Gasteiger partial charge in [0, 0.05) is 0 Å². The molecule has 2 nitrogen and oxygen atoms in total. The molecule has 0 saturated heterocycles. The Labute approximate surface area is 126 Å². The van der Waals surface area contributed by atoms with Gasteiger partial charge in [0.05, 0.1) is 10.0 Å². The molecule has 0 atom stereocenters. The molecule has 20 heavy (non-hydrogen) atoms. The number of allylic oxidation sites excluding steroid dienone is 1. The number of carbonyl (C=O) groups is 1. The summed E-state index contributed by atoms with van der Waals surface area (Å²) in [5.41, 5.74) is 2.79. The molecule has 0 aliphatic heterocycles. The minimum Gasteiger partial charge on any atom is -0.506 e. The van der Waals surface area contributed by atoms with Gasteiger partial charge in [0.25, 0.3) is 0 Å². The minimum atomic E-state index is -0.171. The first kappa shape index (κ1) is 14.5. The van der Waals surface area contributed by atoms with Gasteiger partial charge < -0.3 is 5.11 Å². The van der Waals surface area contributed by atoms with Crippen LogP contribution >= 0.6 is 15.9 Å². The molecule has 0 bridgehead atoms. The number of ketones is 1. The summed E-state index contributed by atoms with van der Waals surface area (Å²) < 4.78 is 0.536. The molecule has 0 amide bonds. The molecule has 0 heterocycles. The minimum absolute atomic E-state index is 0.0126. The fourth-order valence-corrected chi connectivity index (χ4v) is 2.56. The second-order valence-corrected chi connectivity index (χ2v) is 5.56. The predicted molar refractivity (Wildman–Crippen MR) is 85.0 cm³/mol. The third-order valence-electron chi connectivity index (χ3n) is 2.99. The van der Waals surface area contributed by atoms with Gasteiger partial charge in [0.1, 0.15) is 5.75 Å². The first-order valence-corrected chi connectivity index (χ1v) is 7.05. The lowest BCUT2D eigenvalue weighted by Gasteiger charge is -2.08. The van der Waals surface area contributed by atoms with E-state index in [9.17, 15) is 9.90 Å². The van der Waals surface area contributed by atoms with Gasteiger partial charge in [-0.25, -0.2) is 0 Å². The van der Waals surface area contributed by atoms with Crippen molar-refractivity contribution in [3.05, 3.63) is 69.2 Å². The van der Waals surface area contributed by atoms with Gasteiger partial charge in [-0.3, -0.25) is 4.79 Å². The highest BCUT2D eigenvalue weighted by atomic mass is 79.9. The zero-order valence-corrected chi connectivity index (χ0v) is 12.9. The van der Waals surface area contributed by atoms with Crippen LogP contribution in [0.4, 0.5) is 0 Å². The van der Waals surface area contributed by atoms with Crippen LogP contribution in [0.15, 0.2) is 52.5 Å². The number of halogens is 1. The maximum atomic E-state index is 12.4. The Hall–Kier alpha value is -1.87. The van der Waals surface area contributed by atoms with Gasteiger partial charge in [-0.15, -0.1) is 0 Å². The summed E-state index contributed by atoms with van der Waals surface area (Å²) in [6, 6.07) is 13.1. The summed E-state index contributed by atoms with van der Waals surface area (Å²) in [4.78, 5) is 12.4. The summed E-state index contributed by atoms with van der Waals surface area (Å²) in [5, 5.41) is 10.0. The Morgan fingerprint density at radius 2 is 1.85 bits per heavy atom. The molecule has 3 heteroatoms. The molecule has 0 aliphatic carbocycles. The smallest absolute Gasteiger partial charge is 0.192 e. The van der Waals surface area contributed by atoms with E-state index < -0.39 is 0 Å². The SMILES string of the molecule is C/C(=C\c1ccccc1)C(=O)c1cc(C)cc(Br)c1O. The van der Waals surface area contributed by atoms with E-state index in [1.165, 1.54) is 0 Å². The Kier molecular flexibility index (Phi) is 4.40. The van der Waals surface area contributed by atoms with E-state index in [2.05, 4.69) is 15.9 Å². The van der Waals surface area contributed by atoms with E-state index in [0.29, 0.717) is 15.6 Å². The monoisotopic (exact) mass is 330 g/mol. The number of rotatable bonds is 3. The average Bonchev–Trinajstić information content (AvgIpc) is 2.43. The fourth-order valence-electron chi connectivity index (χ4n) is 1.98. The van der Waals surface area contributed by atoms with Crippen molar-refractivity contribution < 1.29 is 9.90 Å². The van der Waals surface area contributed by atoms with E-state index in [-0.39, 0.29) is 11.5 Å². The van der Waals surface area contributed by atoms with Crippen molar-refractivity contribution in [2.45, 2.75) is 13.8 Å². The van der Waals surface area contributed by atoms with E-state index in [4.69, 9.17) is 0 Å². The molecule has 0 fully saturated rings. The Morgan fingerprint density at radius 3 is 2.50 bits per heavy atom. The van der Waals surface area contributed by atoms with Crippen molar-refractivity contribution >= 4 is 27.8 Å². The average molecular weight is 331 g/mol. The van der Waals surface area contributed by atoms with Crippen LogP contribution < -0.4 is 0 Å². The molecular formula is C17H15BrO2. The molecule has 0 saturated carbocycles. The highest BCUT2D eigenvalue weighted by Crippen LogP contribution is 2.31. The molecule has 0 spiro atoms. The van der Waals surface area contributed by atoms with Crippen molar-refractivity contribution in [3.8, 4) is 5.75 Å². The molecule has 2 aromatic rings. The summed E-state index contributed by atoms with van der Waals surface area (Å²) in [6.45, 7) is 3.64. The van der Waals surface area contributed by atoms with E-state index >= 15 is 0 Å². The van der Waals surface area contributed by atoms with E-state index in [1.807, 2.05) is 43.3 Å². The lowest BCUT2D eigenvalue weighted by Crippen LogP contribution is -2.02. The highest BCUT2D eigenvalue weighted by molar-refractivity contribution is 9.10. The molecular weight excluding hydrogens is 316 g/mol. The topological polar surface area (TPSA) is 37.3 Å². The van der Waals surface area contributed by atoms with Crippen LogP contribution in [0.2, 0.25) is 0 Å². The van der Waals surface area contributed by atoms with Gasteiger partial charge >= 0.3 is 0 Å². The zero-order valence-electron chi connectivity index (χ0n) is 11.4. The zero-order chi connectivity index (χ0) is 14.7. The molecule has 2 rings (SSSR count). The number of aromatic hydroxyl groups is 1. The third kappa shape index (κ3) is 3.17. The van der Waals surface area contributed by atoms with Crippen molar-refractivity contribution in [3.63, 3.8) is 0 Å². The van der Waals surface area contributed by atoms with Gasteiger partial charge in [-0.2, -0.15) is 0 Å². The molecule has 0 aliphatic rings. The summed E-state index contributed by atoms with van der Waals surface area (Å²) in [7, 11) is 0. The summed E-state index contributed by atoms with van der Waals surface area (Å²) >= 11 is 3.26. The van der Waals surface area contributed by atoms with Crippen LogP contribution in [0.3, 0.4) is 0 Å². The number of benzene rings is 2. The number of phenols is 1. The van der Waals surface area contributed by atoms with Crippen LogP contribution in [0.25, 0.3) is 6.08 Å². The van der Waals surface area contributed by atoms with Crippen LogP contribution in [0, 0.1) is 6.92 Å². The van der Waals surface area contributed by atoms with Crippen molar-refractivity contribution in [2.75, 3.05) is 0 Å². The normalized spacial score (nSPS) is 11.4. The van der Waals surface area contributed by atoms with E-state index in [0.717, 1.165) is 11.1 Å². The Morgan fingerprint density at radius 1 is 1.20 bits per heavy atom. The first-order valence-electron chi connectivity index (χ1n) is 6.26. The van der Waals surface area contributed by atoms with Crippen molar-refractivity contribution in [1.29, 1.82) is 0 Å². The molecule has 2 aromatic carbocycles. The van der Waals surface area contributed by atoms with Crippen molar-refractivity contribution in [1.82, 2.24) is 0 Å². The lowest BCUT2D eigenvalue weighted by molar-refractivity contribution is 0.103. The van der Waals surface area contributed by atoms with Crippen LogP contribution in [0.5, 0.6) is 5.75 Å².